The Hall–Kier alpha value is -5.24. The molecule has 0 radical (unpaired) electrons. The Morgan fingerprint density at radius 2 is 1.27 bits per heavy atom. The summed E-state index contributed by atoms with van der Waals surface area (Å²) in [5.74, 6) is 2.65. The van der Waals surface area contributed by atoms with Gasteiger partial charge >= 0.3 is 0 Å². The van der Waals surface area contributed by atoms with Gasteiger partial charge in [0.2, 0.25) is 5.91 Å². The molecule has 0 aliphatic carbocycles. The van der Waals surface area contributed by atoms with Gasteiger partial charge in [-0.1, -0.05) is 60.7 Å². The van der Waals surface area contributed by atoms with E-state index >= 15 is 0 Å². The van der Waals surface area contributed by atoms with Gasteiger partial charge in [0.1, 0.15) is 11.5 Å². The average Bonchev–Trinajstić information content (AvgIpc) is 3.40. The summed E-state index contributed by atoms with van der Waals surface area (Å²) < 4.78 is 23.6. The normalized spacial score (nSPS) is 10.6. The summed E-state index contributed by atoms with van der Waals surface area (Å²) in [5, 5.41) is 8.19. The molecule has 8 nitrogen and oxygen atoms in total. The fraction of sp³-hybridized carbons (Fsp3) is 0.152. The zero-order valence-electron chi connectivity index (χ0n) is 23.4. The first-order chi connectivity index (χ1) is 20.1. The van der Waals surface area contributed by atoms with E-state index < -0.39 is 0 Å². The zero-order valence-corrected chi connectivity index (χ0v) is 23.4. The molecule has 8 heteroatoms. The molecule has 0 fully saturated rings. The third-order valence-electron chi connectivity index (χ3n) is 6.68. The quantitative estimate of drug-likeness (QED) is 0.216. The number of para-hydroxylation sites is 1. The minimum absolute atomic E-state index is 0.117. The van der Waals surface area contributed by atoms with Gasteiger partial charge in [0.25, 0.3) is 0 Å². The molecule has 1 N–H and O–H groups in total. The van der Waals surface area contributed by atoms with Gasteiger partial charge in [-0.3, -0.25) is 4.79 Å². The molecule has 5 aromatic rings. The molecule has 4 aromatic carbocycles. The molecular weight excluding hydrogens is 518 g/mol. The molecule has 0 spiro atoms. The predicted molar refractivity (Wildman–Crippen MR) is 159 cm³/mol. The van der Waals surface area contributed by atoms with Crippen LogP contribution in [0.15, 0.2) is 97.1 Å². The Balaban J connectivity index is 1.66. The van der Waals surface area contributed by atoms with Gasteiger partial charge < -0.3 is 24.3 Å². The van der Waals surface area contributed by atoms with Crippen LogP contribution in [0.5, 0.6) is 23.0 Å². The molecule has 0 aliphatic heterocycles. The van der Waals surface area contributed by atoms with Crippen LogP contribution in [0.4, 0.5) is 5.82 Å². The number of anilines is 1. The highest BCUT2D eigenvalue weighted by Gasteiger charge is 2.24. The second kappa shape index (κ2) is 12.3. The third kappa shape index (κ3) is 5.72. The monoisotopic (exact) mass is 549 g/mol. The maximum absolute atomic E-state index is 13.6. The Labute approximate surface area is 239 Å². The van der Waals surface area contributed by atoms with Crippen LogP contribution in [-0.4, -0.2) is 44.1 Å². The van der Waals surface area contributed by atoms with Crippen LogP contribution in [0.1, 0.15) is 5.56 Å². The minimum atomic E-state index is -0.212. The fourth-order valence-corrected chi connectivity index (χ4v) is 4.71. The maximum Gasteiger partial charge on any atom is 0.229 e. The molecule has 5 rings (SSSR count). The van der Waals surface area contributed by atoms with Crippen molar-refractivity contribution < 1.29 is 23.7 Å². The predicted octanol–water partition coefficient (Wildman–Crippen LogP) is 6.42. The number of carbonyl (C=O) groups is 1. The average molecular weight is 550 g/mol. The van der Waals surface area contributed by atoms with Crippen LogP contribution in [0.25, 0.3) is 28.1 Å². The molecule has 1 aromatic heterocycles. The fourth-order valence-electron chi connectivity index (χ4n) is 4.71. The summed E-state index contributed by atoms with van der Waals surface area (Å²) in [7, 11) is 6.34. The minimum Gasteiger partial charge on any atom is -0.493 e. The van der Waals surface area contributed by atoms with E-state index in [1.165, 1.54) is 0 Å². The van der Waals surface area contributed by atoms with Gasteiger partial charge in [-0.25, -0.2) is 4.68 Å². The van der Waals surface area contributed by atoms with E-state index in [-0.39, 0.29) is 12.3 Å². The van der Waals surface area contributed by atoms with Crippen LogP contribution in [0, 0.1) is 0 Å². The molecule has 41 heavy (non-hydrogen) atoms. The van der Waals surface area contributed by atoms with Crippen molar-refractivity contribution in [3.05, 3.63) is 103 Å². The molecule has 0 saturated heterocycles. The van der Waals surface area contributed by atoms with Crippen molar-refractivity contribution in [2.75, 3.05) is 33.8 Å². The molecular formula is C33H31N3O5. The van der Waals surface area contributed by atoms with Crippen molar-refractivity contribution in [1.29, 1.82) is 0 Å². The van der Waals surface area contributed by atoms with E-state index in [0.717, 1.165) is 27.9 Å². The number of benzene rings is 4. The van der Waals surface area contributed by atoms with E-state index in [1.54, 1.807) is 45.3 Å². The first-order valence-corrected chi connectivity index (χ1v) is 13.0. The molecule has 0 bridgehead atoms. The van der Waals surface area contributed by atoms with E-state index in [2.05, 4.69) is 5.32 Å². The van der Waals surface area contributed by atoms with Gasteiger partial charge in [-0.2, -0.15) is 5.10 Å². The van der Waals surface area contributed by atoms with Gasteiger partial charge in [0.05, 0.1) is 46.1 Å². The first kappa shape index (κ1) is 27.3. The van der Waals surface area contributed by atoms with E-state index in [9.17, 15) is 4.79 Å². The van der Waals surface area contributed by atoms with Gasteiger partial charge in [-0.05, 0) is 47.5 Å². The lowest BCUT2D eigenvalue weighted by Gasteiger charge is -2.14. The summed E-state index contributed by atoms with van der Waals surface area (Å²) in [6, 6.07) is 30.7. The number of rotatable bonds is 10. The Bertz CT molecular complexity index is 1650. The second-order valence-corrected chi connectivity index (χ2v) is 9.17. The topological polar surface area (TPSA) is 83.8 Å². The van der Waals surface area contributed by atoms with Crippen LogP contribution in [0.3, 0.4) is 0 Å². The highest BCUT2D eigenvalue weighted by atomic mass is 16.5. The van der Waals surface area contributed by atoms with Crippen LogP contribution in [0.2, 0.25) is 0 Å². The number of hydrogen-bond donors (Lipinski definition) is 1. The summed E-state index contributed by atoms with van der Waals surface area (Å²) >= 11 is 0. The smallest absolute Gasteiger partial charge is 0.229 e. The molecule has 0 saturated carbocycles. The number of aromatic nitrogens is 2. The van der Waals surface area contributed by atoms with Crippen molar-refractivity contribution in [1.82, 2.24) is 9.78 Å². The first-order valence-electron chi connectivity index (χ1n) is 13.0. The van der Waals surface area contributed by atoms with Crippen molar-refractivity contribution >= 4 is 11.7 Å². The summed E-state index contributed by atoms with van der Waals surface area (Å²) in [4.78, 5) is 13.6. The van der Waals surface area contributed by atoms with E-state index in [4.69, 9.17) is 24.0 Å². The molecule has 0 unspecified atom stereocenters. The molecule has 0 atom stereocenters. The molecule has 1 amide bonds. The third-order valence-corrected chi connectivity index (χ3v) is 6.68. The standard InChI is InChI=1S/C33H31N3O5/c1-38-26-17-15-22(19-28(26)40-3)20-30(37)34-33-31(24-16-18-27(39-2)29(21-24)41-4)32(23-11-7-5-8-12-23)35-36(33)25-13-9-6-10-14-25/h5-19,21H,20H2,1-4H3,(H,34,37). The largest absolute Gasteiger partial charge is 0.493 e. The Kier molecular flexibility index (Phi) is 8.20. The number of hydrogen-bond acceptors (Lipinski definition) is 6. The lowest BCUT2D eigenvalue weighted by Crippen LogP contribution is -2.18. The SMILES string of the molecule is COc1ccc(CC(=O)Nc2c(-c3ccc(OC)c(OC)c3)c(-c3ccccc3)nn2-c2ccccc2)cc1OC. The maximum atomic E-state index is 13.6. The van der Waals surface area contributed by atoms with Crippen LogP contribution < -0.4 is 24.3 Å². The molecule has 208 valence electrons. The molecule has 0 aliphatic rings. The van der Waals surface area contributed by atoms with E-state index in [1.807, 2.05) is 84.9 Å². The second-order valence-electron chi connectivity index (χ2n) is 9.17. The van der Waals surface area contributed by atoms with Crippen molar-refractivity contribution in [2.24, 2.45) is 0 Å². The number of nitrogens with one attached hydrogen (secondary N) is 1. The lowest BCUT2D eigenvalue weighted by atomic mass is 10.00. The van der Waals surface area contributed by atoms with Gasteiger partial charge in [-0.15, -0.1) is 0 Å². The number of amides is 1. The summed E-state index contributed by atoms with van der Waals surface area (Å²) in [6.07, 6.45) is 0.117. The Morgan fingerprint density at radius 1 is 0.683 bits per heavy atom. The van der Waals surface area contributed by atoms with Gasteiger partial charge in [0, 0.05) is 5.56 Å². The van der Waals surface area contributed by atoms with E-state index in [0.29, 0.717) is 34.5 Å². The van der Waals surface area contributed by atoms with Crippen LogP contribution in [-0.2, 0) is 11.2 Å². The van der Waals surface area contributed by atoms with Crippen molar-refractivity contribution in [3.8, 4) is 51.1 Å². The van der Waals surface area contributed by atoms with Crippen LogP contribution >= 0.6 is 0 Å². The van der Waals surface area contributed by atoms with Crippen molar-refractivity contribution in [2.45, 2.75) is 6.42 Å². The van der Waals surface area contributed by atoms with Crippen molar-refractivity contribution in [3.63, 3.8) is 0 Å². The summed E-state index contributed by atoms with van der Waals surface area (Å²) in [5.41, 5.74) is 4.76. The number of methoxy groups -OCH3 is 4. The summed E-state index contributed by atoms with van der Waals surface area (Å²) in [6.45, 7) is 0. The number of carbonyl (C=O) groups excluding carboxylic acids is 1. The number of ether oxygens (including phenoxy) is 4. The molecule has 1 heterocycles. The highest BCUT2D eigenvalue weighted by Crippen LogP contribution is 2.42. The van der Waals surface area contributed by atoms with Gasteiger partial charge in [0.15, 0.2) is 23.0 Å². The number of nitrogens with zero attached hydrogens (tertiary/aromatic N) is 2. The highest BCUT2D eigenvalue weighted by molar-refractivity contribution is 6.00. The lowest BCUT2D eigenvalue weighted by molar-refractivity contribution is -0.115. The zero-order chi connectivity index (χ0) is 28.8. The Morgan fingerprint density at radius 3 is 1.90 bits per heavy atom.